The van der Waals surface area contributed by atoms with Crippen molar-refractivity contribution in [2.45, 2.75) is 43.0 Å². The molecule has 4 fully saturated rings. The van der Waals surface area contributed by atoms with Gasteiger partial charge in [-0.2, -0.15) is 0 Å². The minimum absolute atomic E-state index is 0.175. The van der Waals surface area contributed by atoms with E-state index in [1.165, 1.54) is 6.42 Å². The highest BCUT2D eigenvalue weighted by Crippen LogP contribution is 2.43. The van der Waals surface area contributed by atoms with Crippen molar-refractivity contribution in [3.63, 3.8) is 0 Å². The van der Waals surface area contributed by atoms with Crippen LogP contribution < -0.4 is 4.72 Å². The Bertz CT molecular complexity index is 997. The molecule has 28 heavy (non-hydrogen) atoms. The third-order valence-electron chi connectivity index (χ3n) is 6.81. The van der Waals surface area contributed by atoms with E-state index in [2.05, 4.69) is 33.3 Å². The van der Waals surface area contributed by atoms with Crippen LogP contribution in [-0.4, -0.2) is 42.7 Å². The fourth-order valence-electron chi connectivity index (χ4n) is 5.11. The van der Waals surface area contributed by atoms with Gasteiger partial charge < -0.3 is 0 Å². The molecule has 1 aromatic carbocycles. The van der Waals surface area contributed by atoms with E-state index >= 15 is 0 Å². The molecule has 6 heteroatoms. The van der Waals surface area contributed by atoms with Crippen molar-refractivity contribution in [2.24, 2.45) is 11.8 Å². The third kappa shape index (κ3) is 3.17. The summed E-state index contributed by atoms with van der Waals surface area (Å²) in [4.78, 5) is 6.96. The predicted molar refractivity (Wildman–Crippen MR) is 111 cm³/mol. The van der Waals surface area contributed by atoms with Crippen LogP contribution in [-0.2, 0) is 10.0 Å². The van der Waals surface area contributed by atoms with Crippen LogP contribution in [0.4, 0.5) is 0 Å². The van der Waals surface area contributed by atoms with Gasteiger partial charge in [-0.15, -0.1) is 6.58 Å². The normalized spacial score (nSPS) is 31.0. The number of hydrogen-bond donors (Lipinski definition) is 1. The number of para-hydroxylation sites is 1. The van der Waals surface area contributed by atoms with Crippen LogP contribution in [0.1, 0.15) is 37.3 Å². The van der Waals surface area contributed by atoms with E-state index in [4.69, 9.17) is 0 Å². The summed E-state index contributed by atoms with van der Waals surface area (Å²) in [7, 11) is -3.31. The summed E-state index contributed by atoms with van der Waals surface area (Å²) in [5.74, 6) is 1.11. The number of nitrogens with zero attached hydrogens (tertiary/aromatic N) is 2. The molecule has 3 aliphatic heterocycles. The molecule has 4 unspecified atom stereocenters. The summed E-state index contributed by atoms with van der Waals surface area (Å²) < 4.78 is 29.0. The van der Waals surface area contributed by atoms with E-state index in [1.54, 1.807) is 6.20 Å². The minimum Gasteiger partial charge on any atom is -0.298 e. The molecule has 1 N–H and O–H groups in total. The Hall–Kier alpha value is -1.76. The molecule has 4 aliphatic rings. The van der Waals surface area contributed by atoms with Gasteiger partial charge >= 0.3 is 0 Å². The zero-order chi connectivity index (χ0) is 19.3. The summed E-state index contributed by atoms with van der Waals surface area (Å²) in [6, 6.07) is 9.95. The maximum Gasteiger partial charge on any atom is 0.215 e. The molecule has 1 saturated carbocycles. The standard InChI is InChI=1S/C22H27N3O2S/c1-2-15-14-25-12-10-16(15)13-21(25)22(24-28(26,27)17-7-8-17)19-9-11-23-20-6-4-3-5-18(19)20/h2-6,9,11,15-17,21-22,24H,1,7-8,10,12-14H2/t15?,16?,21?,22-/m0/s1. The first-order chi connectivity index (χ1) is 13.6. The molecule has 3 saturated heterocycles. The third-order valence-corrected chi connectivity index (χ3v) is 8.74. The average molecular weight is 398 g/mol. The van der Waals surface area contributed by atoms with Gasteiger partial charge in [-0.05, 0) is 61.8 Å². The number of benzene rings is 1. The fraction of sp³-hybridized carbons (Fsp3) is 0.500. The average Bonchev–Trinajstić information content (AvgIpc) is 3.58. The van der Waals surface area contributed by atoms with Gasteiger partial charge in [-0.3, -0.25) is 9.88 Å². The van der Waals surface area contributed by atoms with Gasteiger partial charge in [-0.25, -0.2) is 13.1 Å². The van der Waals surface area contributed by atoms with Crippen LogP contribution in [0.15, 0.2) is 49.2 Å². The Morgan fingerprint density at radius 3 is 2.75 bits per heavy atom. The molecule has 4 heterocycles. The first-order valence-electron chi connectivity index (χ1n) is 10.3. The van der Waals surface area contributed by atoms with Crippen molar-refractivity contribution in [2.75, 3.05) is 13.1 Å². The second-order valence-electron chi connectivity index (χ2n) is 8.50. The van der Waals surface area contributed by atoms with Crippen molar-refractivity contribution in [1.29, 1.82) is 0 Å². The lowest BCUT2D eigenvalue weighted by Crippen LogP contribution is -2.57. The molecular weight excluding hydrogens is 370 g/mol. The molecule has 5 nitrogen and oxygen atoms in total. The van der Waals surface area contributed by atoms with E-state index in [-0.39, 0.29) is 17.3 Å². The Balaban J connectivity index is 1.57. The van der Waals surface area contributed by atoms with Crippen LogP contribution in [0.5, 0.6) is 0 Å². The summed E-state index contributed by atoms with van der Waals surface area (Å²) in [5, 5.41) is 0.816. The lowest BCUT2D eigenvalue weighted by Gasteiger charge is -2.51. The number of hydrogen-bond acceptors (Lipinski definition) is 4. The highest BCUT2D eigenvalue weighted by Gasteiger charge is 2.45. The quantitative estimate of drug-likeness (QED) is 0.760. The zero-order valence-electron chi connectivity index (χ0n) is 16.0. The van der Waals surface area contributed by atoms with Gasteiger partial charge in [0.15, 0.2) is 0 Å². The molecule has 1 aliphatic carbocycles. The number of pyridine rings is 1. The van der Waals surface area contributed by atoms with E-state index < -0.39 is 10.0 Å². The Labute approximate surface area is 166 Å². The van der Waals surface area contributed by atoms with Crippen LogP contribution in [0, 0.1) is 11.8 Å². The van der Waals surface area contributed by atoms with Crippen molar-refractivity contribution in [3.05, 3.63) is 54.7 Å². The maximum absolute atomic E-state index is 12.9. The van der Waals surface area contributed by atoms with Gasteiger partial charge in [-0.1, -0.05) is 24.3 Å². The maximum atomic E-state index is 12.9. The lowest BCUT2D eigenvalue weighted by atomic mass is 9.73. The summed E-state index contributed by atoms with van der Waals surface area (Å²) in [6.07, 6.45) is 7.61. The highest BCUT2D eigenvalue weighted by atomic mass is 32.2. The van der Waals surface area contributed by atoms with Crippen LogP contribution in [0.25, 0.3) is 10.9 Å². The fourth-order valence-corrected chi connectivity index (χ4v) is 6.70. The highest BCUT2D eigenvalue weighted by molar-refractivity contribution is 7.90. The first-order valence-corrected chi connectivity index (χ1v) is 11.8. The largest absolute Gasteiger partial charge is 0.298 e. The number of piperidine rings is 3. The number of rotatable bonds is 6. The molecule has 2 aromatic rings. The molecule has 5 atom stereocenters. The molecule has 2 bridgehead atoms. The van der Waals surface area contributed by atoms with Gasteiger partial charge in [0, 0.05) is 24.2 Å². The number of fused-ring (bicyclic) bond motifs is 4. The van der Waals surface area contributed by atoms with Crippen molar-refractivity contribution in [1.82, 2.24) is 14.6 Å². The Morgan fingerprint density at radius 2 is 2.04 bits per heavy atom. The molecule has 148 valence electrons. The summed E-state index contributed by atoms with van der Waals surface area (Å²) in [6.45, 7) is 6.02. The van der Waals surface area contributed by atoms with E-state index in [9.17, 15) is 8.42 Å². The first kappa shape index (κ1) is 18.3. The van der Waals surface area contributed by atoms with Gasteiger partial charge in [0.1, 0.15) is 0 Å². The topological polar surface area (TPSA) is 62.3 Å². The van der Waals surface area contributed by atoms with E-state index in [0.717, 1.165) is 48.8 Å². The number of aromatic nitrogens is 1. The zero-order valence-corrected chi connectivity index (χ0v) is 16.8. The monoisotopic (exact) mass is 397 g/mol. The van der Waals surface area contributed by atoms with Crippen LogP contribution >= 0.6 is 0 Å². The molecular formula is C22H27N3O2S. The number of sulfonamides is 1. The second-order valence-corrected chi connectivity index (χ2v) is 10.5. The molecule has 1 aromatic heterocycles. The summed E-state index contributed by atoms with van der Waals surface area (Å²) in [5.41, 5.74) is 1.96. The molecule has 0 amide bonds. The predicted octanol–water partition coefficient (Wildman–Crippen LogP) is 3.25. The van der Waals surface area contributed by atoms with Crippen molar-refractivity contribution in [3.8, 4) is 0 Å². The molecule has 0 radical (unpaired) electrons. The van der Waals surface area contributed by atoms with Crippen molar-refractivity contribution >= 4 is 20.9 Å². The SMILES string of the molecule is C=CC1CN2CCC1CC2[C@@H](NS(=O)(=O)C1CC1)c1ccnc2ccccc12. The Kier molecular flexibility index (Phi) is 4.53. The van der Waals surface area contributed by atoms with E-state index in [0.29, 0.717) is 11.8 Å². The Morgan fingerprint density at radius 1 is 1.21 bits per heavy atom. The smallest absolute Gasteiger partial charge is 0.215 e. The minimum atomic E-state index is -3.31. The van der Waals surface area contributed by atoms with Gasteiger partial charge in [0.25, 0.3) is 0 Å². The molecule has 0 spiro atoms. The van der Waals surface area contributed by atoms with Gasteiger partial charge in [0.05, 0.1) is 16.8 Å². The molecule has 6 rings (SSSR count). The number of nitrogens with one attached hydrogen (secondary N) is 1. The lowest BCUT2D eigenvalue weighted by molar-refractivity contribution is 0.00490. The van der Waals surface area contributed by atoms with E-state index in [1.807, 2.05) is 24.3 Å². The second kappa shape index (κ2) is 6.94. The van der Waals surface area contributed by atoms with Crippen molar-refractivity contribution < 1.29 is 8.42 Å². The van der Waals surface area contributed by atoms with Crippen LogP contribution in [0.3, 0.4) is 0 Å². The van der Waals surface area contributed by atoms with Crippen LogP contribution in [0.2, 0.25) is 0 Å². The van der Waals surface area contributed by atoms with Gasteiger partial charge in [0.2, 0.25) is 10.0 Å². The summed E-state index contributed by atoms with van der Waals surface area (Å²) >= 11 is 0.